The second-order valence-corrected chi connectivity index (χ2v) is 4.88. The number of carbonyl (C=O) groups is 1. The molecule has 0 aliphatic carbocycles. The van der Waals surface area contributed by atoms with Crippen LogP contribution >= 0.6 is 11.6 Å². The first-order valence-electron chi connectivity index (χ1n) is 6.34. The monoisotopic (exact) mass is 313 g/mol. The highest BCUT2D eigenvalue weighted by Gasteiger charge is 2.11. The molecule has 0 aliphatic rings. The molecule has 0 amide bonds. The highest BCUT2D eigenvalue weighted by atomic mass is 35.5. The molecule has 5 heteroatoms. The molecule has 0 fully saturated rings. The first kappa shape index (κ1) is 15.6. The van der Waals surface area contributed by atoms with Gasteiger partial charge in [0.2, 0.25) is 0 Å². The van der Waals surface area contributed by atoms with E-state index in [9.17, 15) is 15.2 Å². The molecule has 110 valence electrons. The van der Waals surface area contributed by atoms with E-state index in [-0.39, 0.29) is 11.3 Å². The van der Waals surface area contributed by atoms with Crippen molar-refractivity contribution in [3.8, 4) is 11.8 Å². The molecule has 2 aromatic rings. The van der Waals surface area contributed by atoms with Gasteiger partial charge in [0, 0.05) is 5.02 Å². The third kappa shape index (κ3) is 3.46. The lowest BCUT2D eigenvalue weighted by Crippen LogP contribution is -2.00. The molecule has 0 aliphatic heterocycles. The van der Waals surface area contributed by atoms with Crippen LogP contribution in [0.2, 0.25) is 5.02 Å². The van der Waals surface area contributed by atoms with Gasteiger partial charge in [0.25, 0.3) is 0 Å². The minimum absolute atomic E-state index is 0.0460. The lowest BCUT2D eigenvalue weighted by atomic mass is 10.0. The highest BCUT2D eigenvalue weighted by Crippen LogP contribution is 2.24. The normalized spacial score (nSPS) is 10.9. The number of nitrogens with zero attached hydrogens (tertiary/aromatic N) is 1. The lowest BCUT2D eigenvalue weighted by Gasteiger charge is -2.06. The molecule has 0 atom stereocenters. The molecular weight excluding hydrogens is 302 g/mol. The van der Waals surface area contributed by atoms with Gasteiger partial charge in [-0.2, -0.15) is 5.26 Å². The van der Waals surface area contributed by atoms with E-state index in [0.717, 1.165) is 0 Å². The smallest absolute Gasteiger partial charge is 0.339 e. The van der Waals surface area contributed by atoms with E-state index < -0.39 is 5.97 Å². The standard InChI is InChI=1S/C17H12ClNO3/c1-22-16-7-2-11(9-15(16)17(20)21)8-13(10-19)12-3-5-14(18)6-4-12/h2-9H,1H3,(H,20,21). The summed E-state index contributed by atoms with van der Waals surface area (Å²) in [4.78, 5) is 11.2. The molecule has 0 radical (unpaired) electrons. The number of benzene rings is 2. The first-order chi connectivity index (χ1) is 10.5. The minimum atomic E-state index is -1.09. The Bertz CT molecular complexity index is 773. The van der Waals surface area contributed by atoms with E-state index in [1.165, 1.54) is 13.2 Å². The molecule has 0 unspecified atom stereocenters. The van der Waals surface area contributed by atoms with Crippen LogP contribution in [0, 0.1) is 11.3 Å². The predicted molar refractivity (Wildman–Crippen MR) is 84.9 cm³/mol. The second kappa shape index (κ2) is 6.79. The van der Waals surface area contributed by atoms with Crippen molar-refractivity contribution in [1.29, 1.82) is 5.26 Å². The quantitative estimate of drug-likeness (QED) is 0.681. The molecule has 22 heavy (non-hydrogen) atoms. The number of methoxy groups -OCH3 is 1. The van der Waals surface area contributed by atoms with Gasteiger partial charge in [-0.15, -0.1) is 0 Å². The van der Waals surface area contributed by atoms with E-state index in [1.54, 1.807) is 42.5 Å². The van der Waals surface area contributed by atoms with Gasteiger partial charge in [-0.1, -0.05) is 29.8 Å². The van der Waals surface area contributed by atoms with Crippen molar-refractivity contribution in [2.45, 2.75) is 0 Å². The van der Waals surface area contributed by atoms with E-state index >= 15 is 0 Å². The van der Waals surface area contributed by atoms with Gasteiger partial charge in [0.15, 0.2) is 0 Å². The third-order valence-corrected chi connectivity index (χ3v) is 3.29. The molecule has 2 rings (SSSR count). The first-order valence-corrected chi connectivity index (χ1v) is 6.72. The highest BCUT2D eigenvalue weighted by molar-refractivity contribution is 6.30. The number of nitriles is 1. The Morgan fingerprint density at radius 2 is 1.95 bits per heavy atom. The van der Waals surface area contributed by atoms with Crippen molar-refractivity contribution in [3.05, 3.63) is 64.2 Å². The van der Waals surface area contributed by atoms with Crippen LogP contribution in [-0.2, 0) is 0 Å². The zero-order chi connectivity index (χ0) is 16.1. The predicted octanol–water partition coefficient (Wildman–Crippen LogP) is 4.11. The van der Waals surface area contributed by atoms with Gasteiger partial charge >= 0.3 is 5.97 Å². The molecule has 0 saturated heterocycles. The minimum Gasteiger partial charge on any atom is -0.496 e. The number of rotatable bonds is 4. The summed E-state index contributed by atoms with van der Waals surface area (Å²) in [7, 11) is 1.41. The van der Waals surface area contributed by atoms with Crippen molar-refractivity contribution in [2.75, 3.05) is 7.11 Å². The van der Waals surface area contributed by atoms with Crippen molar-refractivity contribution in [3.63, 3.8) is 0 Å². The van der Waals surface area contributed by atoms with Crippen molar-refractivity contribution in [2.24, 2.45) is 0 Å². The Hall–Kier alpha value is -2.77. The Labute approximate surface area is 132 Å². The summed E-state index contributed by atoms with van der Waals surface area (Å²) < 4.78 is 5.01. The summed E-state index contributed by atoms with van der Waals surface area (Å²) >= 11 is 5.83. The van der Waals surface area contributed by atoms with Gasteiger partial charge in [-0.3, -0.25) is 0 Å². The van der Waals surface area contributed by atoms with Gasteiger partial charge in [-0.05, 0) is 41.5 Å². The molecular formula is C17H12ClNO3. The number of halogens is 1. The molecule has 2 aromatic carbocycles. The van der Waals surface area contributed by atoms with Crippen molar-refractivity contribution < 1.29 is 14.6 Å². The maximum atomic E-state index is 11.2. The summed E-state index contributed by atoms with van der Waals surface area (Å²) in [5.74, 6) is -0.813. The summed E-state index contributed by atoms with van der Waals surface area (Å²) in [5, 5.41) is 19.1. The fraction of sp³-hybridized carbons (Fsp3) is 0.0588. The van der Waals surface area contributed by atoms with E-state index in [1.807, 2.05) is 0 Å². The van der Waals surface area contributed by atoms with Gasteiger partial charge in [-0.25, -0.2) is 4.79 Å². The molecule has 0 bridgehead atoms. The van der Waals surface area contributed by atoms with E-state index in [2.05, 4.69) is 6.07 Å². The number of carboxylic acids is 1. The van der Waals surface area contributed by atoms with Gasteiger partial charge in [0.05, 0.1) is 18.8 Å². The molecule has 1 N–H and O–H groups in total. The van der Waals surface area contributed by atoms with E-state index in [0.29, 0.717) is 21.7 Å². The number of allylic oxidation sites excluding steroid dienone is 1. The third-order valence-electron chi connectivity index (χ3n) is 3.04. The van der Waals surface area contributed by atoms with Crippen LogP contribution in [-0.4, -0.2) is 18.2 Å². The average molecular weight is 314 g/mol. The Morgan fingerprint density at radius 3 is 2.50 bits per heavy atom. The number of ether oxygens (including phenoxy) is 1. The van der Waals surface area contributed by atoms with Crippen LogP contribution in [0.15, 0.2) is 42.5 Å². The summed E-state index contributed by atoms with van der Waals surface area (Å²) in [6, 6.07) is 13.7. The number of hydrogen-bond donors (Lipinski definition) is 1. The fourth-order valence-corrected chi connectivity index (χ4v) is 2.08. The number of hydrogen-bond acceptors (Lipinski definition) is 3. The van der Waals surface area contributed by atoms with Crippen LogP contribution in [0.1, 0.15) is 21.5 Å². The zero-order valence-electron chi connectivity index (χ0n) is 11.7. The number of carboxylic acid groups (broad SMARTS) is 1. The SMILES string of the molecule is COc1ccc(C=C(C#N)c2ccc(Cl)cc2)cc1C(=O)O. The molecule has 0 spiro atoms. The van der Waals surface area contributed by atoms with E-state index in [4.69, 9.17) is 16.3 Å². The van der Waals surface area contributed by atoms with Gasteiger partial charge < -0.3 is 9.84 Å². The summed E-state index contributed by atoms with van der Waals surface area (Å²) in [6.07, 6.45) is 1.62. The van der Waals surface area contributed by atoms with Crippen LogP contribution in [0.4, 0.5) is 0 Å². The largest absolute Gasteiger partial charge is 0.496 e. The Balaban J connectivity index is 2.46. The second-order valence-electron chi connectivity index (χ2n) is 4.44. The average Bonchev–Trinajstić information content (AvgIpc) is 2.53. The molecule has 0 saturated carbocycles. The van der Waals surface area contributed by atoms with Crippen LogP contribution in [0.3, 0.4) is 0 Å². The van der Waals surface area contributed by atoms with Gasteiger partial charge in [0.1, 0.15) is 11.3 Å². The molecule has 0 heterocycles. The van der Waals surface area contributed by atoms with Crippen molar-refractivity contribution >= 4 is 29.2 Å². The molecule has 0 aromatic heterocycles. The van der Waals surface area contributed by atoms with Crippen LogP contribution in [0.5, 0.6) is 5.75 Å². The Morgan fingerprint density at radius 1 is 1.27 bits per heavy atom. The topological polar surface area (TPSA) is 70.3 Å². The van der Waals surface area contributed by atoms with Crippen molar-refractivity contribution in [1.82, 2.24) is 0 Å². The fourth-order valence-electron chi connectivity index (χ4n) is 1.96. The molecule has 4 nitrogen and oxygen atoms in total. The zero-order valence-corrected chi connectivity index (χ0v) is 12.5. The summed E-state index contributed by atoms with van der Waals surface area (Å²) in [5.41, 5.74) is 1.77. The maximum Gasteiger partial charge on any atom is 0.339 e. The number of aromatic carboxylic acids is 1. The van der Waals surface area contributed by atoms with Crippen LogP contribution in [0.25, 0.3) is 11.6 Å². The maximum absolute atomic E-state index is 11.2. The lowest BCUT2D eigenvalue weighted by molar-refractivity contribution is 0.0693. The summed E-state index contributed by atoms with van der Waals surface area (Å²) in [6.45, 7) is 0. The van der Waals surface area contributed by atoms with Crippen LogP contribution < -0.4 is 4.74 Å². The Kier molecular flexibility index (Phi) is 4.82.